The summed E-state index contributed by atoms with van der Waals surface area (Å²) in [6.07, 6.45) is -0.497. The van der Waals surface area contributed by atoms with Gasteiger partial charge in [0, 0.05) is 0 Å². The zero-order valence-electron chi connectivity index (χ0n) is 6.98. The van der Waals surface area contributed by atoms with Crippen LogP contribution in [0.25, 0.3) is 0 Å². The highest BCUT2D eigenvalue weighted by atomic mass is 32.1. The molecule has 5 heteroatoms. The van der Waals surface area contributed by atoms with Crippen molar-refractivity contribution in [1.82, 2.24) is 5.32 Å². The Morgan fingerprint density at radius 3 is 3.15 bits per heavy atom. The van der Waals surface area contributed by atoms with Crippen molar-refractivity contribution in [2.24, 2.45) is 5.16 Å². The molecule has 0 aliphatic carbocycles. The van der Waals surface area contributed by atoms with E-state index in [9.17, 15) is 4.79 Å². The number of carbonyl (C=O) groups is 1. The average Bonchev–Trinajstić information content (AvgIpc) is 2.62. The lowest BCUT2D eigenvalue weighted by Crippen LogP contribution is -2.42. The van der Waals surface area contributed by atoms with E-state index in [1.165, 1.54) is 11.3 Å². The summed E-state index contributed by atoms with van der Waals surface area (Å²) in [6, 6.07) is 3.77. The molecule has 0 aromatic carbocycles. The summed E-state index contributed by atoms with van der Waals surface area (Å²) in [7, 11) is 0. The van der Waals surface area contributed by atoms with Crippen molar-refractivity contribution in [3.05, 3.63) is 22.4 Å². The highest BCUT2D eigenvalue weighted by Crippen LogP contribution is 2.11. The van der Waals surface area contributed by atoms with E-state index >= 15 is 0 Å². The van der Waals surface area contributed by atoms with Gasteiger partial charge in [-0.25, -0.2) is 0 Å². The van der Waals surface area contributed by atoms with Crippen molar-refractivity contribution in [2.45, 2.75) is 13.0 Å². The fourth-order valence-electron chi connectivity index (χ4n) is 0.941. The molecule has 2 rings (SSSR count). The molecule has 0 fully saturated rings. The number of hydrogen-bond donors (Lipinski definition) is 1. The molecule has 0 bridgehead atoms. The summed E-state index contributed by atoms with van der Waals surface area (Å²) >= 11 is 1.51. The second-order valence-electron chi connectivity index (χ2n) is 2.65. The lowest BCUT2D eigenvalue weighted by Gasteiger charge is -2.16. The van der Waals surface area contributed by atoms with Crippen LogP contribution in [0.15, 0.2) is 22.7 Å². The van der Waals surface area contributed by atoms with E-state index in [1.807, 2.05) is 17.5 Å². The normalized spacial score (nSPS) is 21.8. The standard InChI is InChI=1S/C8H8N2O2S/c1-5-8(11)9-7(10-12-5)6-3-2-4-13-6/h2-5H,1H3,(H,9,10,11). The third-order valence-electron chi connectivity index (χ3n) is 1.67. The van der Waals surface area contributed by atoms with Gasteiger partial charge in [0.15, 0.2) is 5.84 Å². The molecule has 68 valence electrons. The van der Waals surface area contributed by atoms with Crippen LogP contribution in [0, 0.1) is 0 Å². The molecule has 0 saturated heterocycles. The maximum absolute atomic E-state index is 11.2. The van der Waals surface area contributed by atoms with E-state index in [0.29, 0.717) is 5.84 Å². The van der Waals surface area contributed by atoms with Gasteiger partial charge in [0.05, 0.1) is 4.88 Å². The minimum Gasteiger partial charge on any atom is -0.381 e. The van der Waals surface area contributed by atoms with Crippen molar-refractivity contribution < 1.29 is 9.63 Å². The van der Waals surface area contributed by atoms with Crippen LogP contribution in [-0.2, 0) is 9.63 Å². The fraction of sp³-hybridized carbons (Fsp3) is 0.250. The van der Waals surface area contributed by atoms with Crippen molar-refractivity contribution >= 4 is 23.1 Å². The molecule has 1 amide bonds. The Morgan fingerprint density at radius 2 is 2.54 bits per heavy atom. The molecule has 1 aliphatic rings. The summed E-state index contributed by atoms with van der Waals surface area (Å²) in [5.41, 5.74) is 0. The molecule has 1 atom stereocenters. The molecule has 13 heavy (non-hydrogen) atoms. The second-order valence-corrected chi connectivity index (χ2v) is 3.60. The van der Waals surface area contributed by atoms with Crippen LogP contribution in [-0.4, -0.2) is 17.8 Å². The highest BCUT2D eigenvalue weighted by Gasteiger charge is 2.22. The Hall–Kier alpha value is -1.36. The van der Waals surface area contributed by atoms with Crippen LogP contribution in [0.4, 0.5) is 0 Å². The fourth-order valence-corrected chi connectivity index (χ4v) is 1.60. The Balaban J connectivity index is 2.23. The number of nitrogens with zero attached hydrogens (tertiary/aromatic N) is 1. The first-order valence-corrected chi connectivity index (χ1v) is 4.74. The largest absolute Gasteiger partial charge is 0.381 e. The Labute approximate surface area is 79.2 Å². The van der Waals surface area contributed by atoms with Gasteiger partial charge >= 0.3 is 0 Å². The monoisotopic (exact) mass is 196 g/mol. The van der Waals surface area contributed by atoms with Crippen LogP contribution in [0.2, 0.25) is 0 Å². The maximum atomic E-state index is 11.2. The zero-order chi connectivity index (χ0) is 9.26. The van der Waals surface area contributed by atoms with Crippen LogP contribution < -0.4 is 5.32 Å². The quantitative estimate of drug-likeness (QED) is 0.726. The van der Waals surface area contributed by atoms with Crippen LogP contribution in [0.5, 0.6) is 0 Å². The van der Waals surface area contributed by atoms with E-state index in [0.717, 1.165) is 4.88 Å². The van der Waals surface area contributed by atoms with Crippen molar-refractivity contribution in [2.75, 3.05) is 0 Å². The number of nitrogens with one attached hydrogen (secondary N) is 1. The van der Waals surface area contributed by atoms with Gasteiger partial charge in [0.2, 0.25) is 6.10 Å². The number of hydrogen-bond acceptors (Lipinski definition) is 4. The van der Waals surface area contributed by atoms with Gasteiger partial charge in [0.1, 0.15) is 0 Å². The van der Waals surface area contributed by atoms with E-state index in [-0.39, 0.29) is 5.91 Å². The predicted molar refractivity (Wildman–Crippen MR) is 49.5 cm³/mol. The molecule has 1 N–H and O–H groups in total. The third kappa shape index (κ3) is 1.55. The molecule has 0 radical (unpaired) electrons. The summed E-state index contributed by atoms with van der Waals surface area (Å²) in [5.74, 6) is 0.344. The molecule has 0 spiro atoms. The van der Waals surface area contributed by atoms with E-state index in [2.05, 4.69) is 10.5 Å². The van der Waals surface area contributed by atoms with Crippen molar-refractivity contribution in [1.29, 1.82) is 0 Å². The lowest BCUT2D eigenvalue weighted by atomic mass is 10.3. The molecular formula is C8H8N2O2S. The van der Waals surface area contributed by atoms with Crippen LogP contribution >= 0.6 is 11.3 Å². The first kappa shape index (κ1) is 8.25. The van der Waals surface area contributed by atoms with Gasteiger partial charge in [0.25, 0.3) is 5.91 Å². The molecule has 4 nitrogen and oxygen atoms in total. The third-order valence-corrected chi connectivity index (χ3v) is 2.54. The number of carbonyl (C=O) groups excluding carboxylic acids is 1. The zero-order valence-corrected chi connectivity index (χ0v) is 7.80. The molecule has 2 heterocycles. The molecule has 1 aromatic rings. The van der Waals surface area contributed by atoms with Gasteiger partial charge in [-0.05, 0) is 18.4 Å². The SMILES string of the molecule is CC1ON=C(c2cccs2)NC1=O. The Bertz CT molecular complexity index is 345. The first-order chi connectivity index (χ1) is 6.27. The minimum absolute atomic E-state index is 0.154. The summed E-state index contributed by atoms with van der Waals surface area (Å²) < 4.78 is 0. The van der Waals surface area contributed by atoms with Gasteiger partial charge < -0.3 is 10.2 Å². The smallest absolute Gasteiger partial charge is 0.269 e. The Morgan fingerprint density at radius 1 is 1.69 bits per heavy atom. The second kappa shape index (κ2) is 3.18. The van der Waals surface area contributed by atoms with Gasteiger partial charge in [-0.2, -0.15) is 0 Å². The number of rotatable bonds is 1. The van der Waals surface area contributed by atoms with Gasteiger partial charge in [-0.15, -0.1) is 11.3 Å². The van der Waals surface area contributed by atoms with Crippen molar-refractivity contribution in [3.8, 4) is 0 Å². The summed E-state index contributed by atoms with van der Waals surface area (Å²) in [4.78, 5) is 17.0. The average molecular weight is 196 g/mol. The van der Waals surface area contributed by atoms with Gasteiger partial charge in [-0.3, -0.25) is 4.79 Å². The Kier molecular flexibility index (Phi) is 2.02. The first-order valence-electron chi connectivity index (χ1n) is 3.86. The number of oxime groups is 1. The molecule has 1 aliphatic heterocycles. The van der Waals surface area contributed by atoms with Gasteiger partial charge in [-0.1, -0.05) is 11.2 Å². The summed E-state index contributed by atoms with van der Waals surface area (Å²) in [6.45, 7) is 1.66. The molecule has 1 aromatic heterocycles. The number of amidine groups is 1. The molecular weight excluding hydrogens is 188 g/mol. The number of thiophene rings is 1. The van der Waals surface area contributed by atoms with E-state index < -0.39 is 6.10 Å². The predicted octanol–water partition coefficient (Wildman–Crippen LogP) is 0.945. The molecule has 1 unspecified atom stereocenters. The minimum atomic E-state index is -0.497. The summed E-state index contributed by atoms with van der Waals surface area (Å²) in [5, 5.41) is 8.38. The lowest BCUT2D eigenvalue weighted by molar-refractivity contribution is -0.131. The molecule has 0 saturated carbocycles. The highest BCUT2D eigenvalue weighted by molar-refractivity contribution is 7.12. The van der Waals surface area contributed by atoms with E-state index in [1.54, 1.807) is 6.92 Å². The number of amides is 1. The maximum Gasteiger partial charge on any atom is 0.269 e. The van der Waals surface area contributed by atoms with Crippen LogP contribution in [0.1, 0.15) is 11.8 Å². The topological polar surface area (TPSA) is 50.7 Å². The van der Waals surface area contributed by atoms with Crippen LogP contribution in [0.3, 0.4) is 0 Å². The van der Waals surface area contributed by atoms with E-state index in [4.69, 9.17) is 4.84 Å². The van der Waals surface area contributed by atoms with Crippen molar-refractivity contribution in [3.63, 3.8) is 0 Å².